The molecule has 1 rings (SSSR count). The minimum Gasteiger partial charge on any atom is -0.432 e. The molecule has 0 unspecified atom stereocenters. The van der Waals surface area contributed by atoms with Crippen LogP contribution in [-0.2, 0) is 12.7 Å². The third kappa shape index (κ3) is 2.18. The van der Waals surface area contributed by atoms with Gasteiger partial charge in [-0.3, -0.25) is 0 Å². The molecule has 63 valence electrons. The first-order valence-electron chi connectivity index (χ1n) is 3.43. The highest BCUT2D eigenvalue weighted by Crippen LogP contribution is 2.00. The minimum absolute atomic E-state index is 0.656. The zero-order chi connectivity index (χ0) is 9.73. The molecule has 0 N–H and O–H groups in total. The lowest BCUT2D eigenvalue weighted by Gasteiger charge is -2.20. The average molecular weight is 237 g/mol. The zero-order valence-corrected chi connectivity index (χ0v) is 10.6. The van der Waals surface area contributed by atoms with Gasteiger partial charge in [-0.1, -0.05) is 30.3 Å². The molecule has 0 heterocycles. The molecule has 0 saturated carbocycles. The van der Waals surface area contributed by atoms with Gasteiger partial charge in [-0.15, -0.1) is 0 Å². The Morgan fingerprint density at radius 2 is 1.69 bits per heavy atom. The topological polar surface area (TPSA) is 35.5 Å². The Hall–Kier alpha value is -0.192. The van der Waals surface area contributed by atoms with Gasteiger partial charge in [0.05, 0.1) is 0 Å². The van der Waals surface area contributed by atoms with Crippen molar-refractivity contribution in [1.29, 1.82) is 0 Å². The van der Waals surface area contributed by atoms with Crippen LogP contribution in [-0.4, -0.2) is 38.0 Å². The Labute approximate surface area is 86.5 Å². The Balaban J connectivity index is 3.08. The van der Waals surface area contributed by atoms with E-state index >= 15 is 0 Å². The highest BCUT2D eigenvalue weighted by atomic mass is 29.2. The molecular formula is C6H5O3Si4. The van der Waals surface area contributed by atoms with Gasteiger partial charge in [-0.2, -0.15) is 0 Å². The van der Waals surface area contributed by atoms with Gasteiger partial charge in [0.1, 0.15) is 0 Å². The second kappa shape index (κ2) is 4.88. The van der Waals surface area contributed by atoms with E-state index in [-0.39, 0.29) is 0 Å². The Bertz CT molecular complexity index is 274. The van der Waals surface area contributed by atoms with Crippen LogP contribution in [0.4, 0.5) is 0 Å². The van der Waals surface area contributed by atoms with Crippen LogP contribution in [0.15, 0.2) is 30.3 Å². The fourth-order valence-electron chi connectivity index (χ4n) is 0.897. The van der Waals surface area contributed by atoms with Crippen molar-refractivity contribution in [3.05, 3.63) is 30.3 Å². The van der Waals surface area contributed by atoms with Gasteiger partial charge < -0.3 is 12.7 Å². The number of hydrogen-bond donors (Lipinski definition) is 0. The molecule has 0 aliphatic heterocycles. The molecule has 13 heavy (non-hydrogen) atoms. The smallest absolute Gasteiger partial charge is 0.401 e. The monoisotopic (exact) mass is 237 g/mol. The molecule has 0 spiro atoms. The SMILES string of the molecule is O=[Si][Si](O[Si])(O[Si])c1ccccc1. The summed E-state index contributed by atoms with van der Waals surface area (Å²) >= 11 is 0. The van der Waals surface area contributed by atoms with E-state index < -0.39 is 17.0 Å². The van der Waals surface area contributed by atoms with Crippen LogP contribution < -0.4 is 5.19 Å². The lowest BCUT2D eigenvalue weighted by molar-refractivity contribution is 0.465. The Morgan fingerprint density at radius 1 is 1.15 bits per heavy atom. The van der Waals surface area contributed by atoms with Crippen LogP contribution in [0.25, 0.3) is 0 Å². The summed E-state index contributed by atoms with van der Waals surface area (Å²) in [4.78, 5) is 0. The normalized spacial score (nSPS) is 11.2. The maximum absolute atomic E-state index is 11.0. The lowest BCUT2D eigenvalue weighted by atomic mass is 10.4. The van der Waals surface area contributed by atoms with Gasteiger partial charge in [0.15, 0.2) is 0 Å². The van der Waals surface area contributed by atoms with E-state index in [1.54, 1.807) is 0 Å². The Morgan fingerprint density at radius 3 is 2.08 bits per heavy atom. The summed E-state index contributed by atoms with van der Waals surface area (Å²) in [6, 6.07) is 9.19. The third-order valence-electron chi connectivity index (χ3n) is 1.58. The summed E-state index contributed by atoms with van der Waals surface area (Å²) in [5, 5.41) is 0.799. The van der Waals surface area contributed by atoms with Crippen LogP contribution in [0.1, 0.15) is 0 Å². The molecule has 0 aliphatic rings. The van der Waals surface area contributed by atoms with Crippen LogP contribution in [0.2, 0.25) is 0 Å². The lowest BCUT2D eigenvalue weighted by Crippen LogP contribution is -2.56. The van der Waals surface area contributed by atoms with Gasteiger partial charge in [-0.25, -0.2) is 0 Å². The van der Waals surface area contributed by atoms with Crippen LogP contribution in [0, 0.1) is 0 Å². The van der Waals surface area contributed by atoms with E-state index in [0.717, 1.165) is 5.19 Å². The Kier molecular flexibility index (Phi) is 4.09. The molecule has 0 saturated heterocycles. The quantitative estimate of drug-likeness (QED) is 0.636. The summed E-state index contributed by atoms with van der Waals surface area (Å²) in [5.74, 6) is 0. The van der Waals surface area contributed by atoms with Crippen molar-refractivity contribution in [1.82, 2.24) is 0 Å². The molecule has 0 aromatic heterocycles. The van der Waals surface area contributed by atoms with E-state index in [1.165, 1.54) is 0 Å². The molecule has 0 amide bonds. The number of hydrogen-bond acceptors (Lipinski definition) is 3. The molecule has 0 atom stereocenters. The summed E-state index contributed by atoms with van der Waals surface area (Å²) < 4.78 is 21.0. The second-order valence-corrected chi connectivity index (χ2v) is 8.52. The predicted octanol–water partition coefficient (Wildman–Crippen LogP) is -0.918. The summed E-state index contributed by atoms with van der Waals surface area (Å²) in [7, 11) is 2.33. The van der Waals surface area contributed by atoms with Gasteiger partial charge in [0, 0.05) is 0 Å². The summed E-state index contributed by atoms with van der Waals surface area (Å²) in [6.07, 6.45) is 0. The van der Waals surface area contributed by atoms with Crippen molar-refractivity contribution in [2.75, 3.05) is 0 Å². The first-order valence-corrected chi connectivity index (χ1v) is 7.97. The average Bonchev–Trinajstić information content (AvgIpc) is 2.23. The fourth-order valence-corrected chi connectivity index (χ4v) is 5.07. The molecule has 7 radical (unpaired) electrons. The standard InChI is InChI=1S/C6H5O3Si4/c7-12-13(8-10,9-11)6-4-2-1-3-5-6/h1-5H. The van der Waals surface area contributed by atoms with E-state index in [1.807, 2.05) is 30.3 Å². The number of benzene rings is 1. The fraction of sp³-hybridized carbons (Fsp3) is 0. The molecule has 3 nitrogen and oxygen atoms in total. The van der Waals surface area contributed by atoms with Gasteiger partial charge >= 0.3 is 17.0 Å². The third-order valence-corrected chi connectivity index (χ3v) is 8.75. The van der Waals surface area contributed by atoms with Gasteiger partial charge in [0.25, 0.3) is 0 Å². The molecule has 1 aromatic rings. The largest absolute Gasteiger partial charge is 0.432 e. The second-order valence-electron chi connectivity index (χ2n) is 2.29. The van der Waals surface area contributed by atoms with Crippen LogP contribution in [0.5, 0.6) is 0 Å². The van der Waals surface area contributed by atoms with E-state index in [0.29, 0.717) is 0 Å². The van der Waals surface area contributed by atoms with Crippen molar-refractivity contribution in [2.24, 2.45) is 0 Å². The van der Waals surface area contributed by atoms with Crippen molar-refractivity contribution in [3.63, 3.8) is 0 Å². The zero-order valence-electron chi connectivity index (χ0n) is 6.61. The maximum atomic E-state index is 11.0. The van der Waals surface area contributed by atoms with Crippen molar-refractivity contribution in [2.45, 2.75) is 0 Å². The molecule has 0 aliphatic carbocycles. The first-order chi connectivity index (χ1) is 6.29. The van der Waals surface area contributed by atoms with E-state index in [4.69, 9.17) is 8.23 Å². The summed E-state index contributed by atoms with van der Waals surface area (Å²) in [6.45, 7) is 0. The highest BCUT2D eigenvalue weighted by molar-refractivity contribution is 7.21. The molecule has 0 fully saturated rings. The van der Waals surface area contributed by atoms with Crippen molar-refractivity contribution in [3.8, 4) is 0 Å². The molecular weight excluding hydrogens is 232 g/mol. The molecule has 0 bridgehead atoms. The molecule has 1 aromatic carbocycles. The summed E-state index contributed by atoms with van der Waals surface area (Å²) in [5.41, 5.74) is 0. The van der Waals surface area contributed by atoms with Crippen molar-refractivity contribution >= 4 is 43.2 Å². The first kappa shape index (κ1) is 10.9. The predicted molar refractivity (Wildman–Crippen MR) is 51.9 cm³/mol. The molecule has 7 heteroatoms. The highest BCUT2D eigenvalue weighted by Gasteiger charge is 2.38. The van der Waals surface area contributed by atoms with Crippen molar-refractivity contribution < 1.29 is 12.7 Å². The van der Waals surface area contributed by atoms with E-state index in [9.17, 15) is 4.46 Å². The minimum atomic E-state index is -2.79. The van der Waals surface area contributed by atoms with Gasteiger partial charge in [-0.05, 0) is 5.19 Å². The maximum Gasteiger partial charge on any atom is 0.401 e. The van der Waals surface area contributed by atoms with Crippen LogP contribution >= 0.6 is 0 Å². The van der Waals surface area contributed by atoms with Crippen LogP contribution in [0.3, 0.4) is 0 Å². The van der Waals surface area contributed by atoms with E-state index in [2.05, 4.69) is 21.0 Å². The van der Waals surface area contributed by atoms with Gasteiger partial charge in [0.2, 0.25) is 21.0 Å². The number of rotatable bonds is 4.